The summed E-state index contributed by atoms with van der Waals surface area (Å²) in [5.41, 5.74) is 1.59. The first-order chi connectivity index (χ1) is 13.8. The van der Waals surface area contributed by atoms with Crippen molar-refractivity contribution >= 4 is 33.4 Å². The fraction of sp³-hybridized carbons (Fsp3) is 0.350. The number of rotatable bonds is 6. The molecule has 3 rings (SSSR count). The van der Waals surface area contributed by atoms with Crippen molar-refractivity contribution in [2.24, 2.45) is 0 Å². The number of pyridine rings is 1. The highest BCUT2D eigenvalue weighted by atomic mass is 32.2. The average Bonchev–Trinajstić information content (AvgIpc) is 2.73. The van der Waals surface area contributed by atoms with E-state index in [1.807, 2.05) is 30.5 Å². The zero-order chi connectivity index (χ0) is 20.9. The van der Waals surface area contributed by atoms with Gasteiger partial charge in [0.15, 0.2) is 9.84 Å². The number of sulfone groups is 1. The third kappa shape index (κ3) is 6.04. The number of carbonyl (C=O) groups excluding carboxylic acids is 2. The second-order valence-corrected chi connectivity index (χ2v) is 10.2. The Labute approximate surface area is 174 Å². The first kappa shape index (κ1) is 21.3. The molecule has 1 aromatic heterocycles. The first-order valence-electron chi connectivity index (χ1n) is 9.26. The molecule has 1 N–H and O–H groups in total. The lowest BCUT2D eigenvalue weighted by Crippen LogP contribution is -2.51. The van der Waals surface area contributed by atoms with Gasteiger partial charge in [-0.1, -0.05) is 6.07 Å². The molecular formula is C20H23N3O4S2. The zero-order valence-electron chi connectivity index (χ0n) is 16.1. The van der Waals surface area contributed by atoms with E-state index in [4.69, 9.17) is 0 Å². The molecule has 0 saturated carbocycles. The summed E-state index contributed by atoms with van der Waals surface area (Å²) >= 11 is 1.65. The van der Waals surface area contributed by atoms with Crippen molar-refractivity contribution in [2.75, 3.05) is 24.6 Å². The second kappa shape index (κ2) is 9.41. The van der Waals surface area contributed by atoms with Crippen molar-refractivity contribution in [3.05, 3.63) is 59.9 Å². The molecule has 2 amide bonds. The number of amides is 2. The Morgan fingerprint density at radius 1 is 1.17 bits per heavy atom. The van der Waals surface area contributed by atoms with Crippen LogP contribution in [0.15, 0.2) is 53.7 Å². The number of hydrogen-bond acceptors (Lipinski definition) is 6. The number of carbonyl (C=O) groups is 2. The van der Waals surface area contributed by atoms with Crippen LogP contribution >= 0.6 is 11.8 Å². The summed E-state index contributed by atoms with van der Waals surface area (Å²) in [6, 6.07) is 10.4. The van der Waals surface area contributed by atoms with Crippen LogP contribution in [0.3, 0.4) is 0 Å². The molecule has 7 nitrogen and oxygen atoms in total. The minimum absolute atomic E-state index is 0.0302. The monoisotopic (exact) mass is 433 g/mol. The molecule has 0 aliphatic carbocycles. The van der Waals surface area contributed by atoms with Crippen LogP contribution in [-0.4, -0.2) is 60.8 Å². The Balaban J connectivity index is 1.51. The van der Waals surface area contributed by atoms with Gasteiger partial charge in [0.25, 0.3) is 5.91 Å². The standard InChI is InChI=1S/C20H23N3O4S2/c1-15(20(25)23-9-11-29(26,27)12-10-23)22-19(24)17-4-6-18(7-5-17)28-14-16-3-2-8-21-13-16/h2-8,13,15H,9-12,14H2,1H3,(H,22,24). The van der Waals surface area contributed by atoms with Crippen LogP contribution in [0.4, 0.5) is 0 Å². The van der Waals surface area contributed by atoms with Gasteiger partial charge in [-0.3, -0.25) is 14.6 Å². The molecule has 154 valence electrons. The van der Waals surface area contributed by atoms with Crippen LogP contribution in [0.1, 0.15) is 22.8 Å². The van der Waals surface area contributed by atoms with E-state index < -0.39 is 15.9 Å². The molecule has 1 fully saturated rings. The van der Waals surface area contributed by atoms with E-state index in [0.717, 1.165) is 16.2 Å². The topological polar surface area (TPSA) is 96.4 Å². The van der Waals surface area contributed by atoms with E-state index in [1.54, 1.807) is 37.0 Å². The lowest BCUT2D eigenvalue weighted by molar-refractivity contribution is -0.132. The van der Waals surface area contributed by atoms with Crippen molar-refractivity contribution in [1.29, 1.82) is 0 Å². The molecule has 1 aromatic carbocycles. The summed E-state index contributed by atoms with van der Waals surface area (Å²) < 4.78 is 23.0. The molecule has 1 aliphatic heterocycles. The molecular weight excluding hydrogens is 410 g/mol. The molecule has 1 aliphatic rings. The van der Waals surface area contributed by atoms with Crippen molar-refractivity contribution < 1.29 is 18.0 Å². The molecule has 1 atom stereocenters. The number of aromatic nitrogens is 1. The van der Waals surface area contributed by atoms with Crippen LogP contribution in [0.5, 0.6) is 0 Å². The number of hydrogen-bond donors (Lipinski definition) is 1. The predicted molar refractivity (Wildman–Crippen MR) is 112 cm³/mol. The van der Waals surface area contributed by atoms with Crippen LogP contribution in [0.2, 0.25) is 0 Å². The van der Waals surface area contributed by atoms with Gasteiger partial charge < -0.3 is 10.2 Å². The summed E-state index contributed by atoms with van der Waals surface area (Å²) in [5, 5.41) is 2.70. The summed E-state index contributed by atoms with van der Waals surface area (Å²) in [5.74, 6) is 0.127. The van der Waals surface area contributed by atoms with Crippen molar-refractivity contribution in [1.82, 2.24) is 15.2 Å². The summed E-state index contributed by atoms with van der Waals surface area (Å²) in [6.45, 7) is 1.95. The molecule has 0 spiro atoms. The lowest BCUT2D eigenvalue weighted by atomic mass is 10.2. The van der Waals surface area contributed by atoms with Gasteiger partial charge in [-0.2, -0.15) is 0 Å². The smallest absolute Gasteiger partial charge is 0.251 e. The predicted octanol–water partition coefficient (Wildman–Crippen LogP) is 1.75. The third-order valence-electron chi connectivity index (χ3n) is 4.62. The van der Waals surface area contributed by atoms with Crippen LogP contribution in [0, 0.1) is 0 Å². The highest BCUT2D eigenvalue weighted by Crippen LogP contribution is 2.22. The van der Waals surface area contributed by atoms with E-state index in [0.29, 0.717) is 5.56 Å². The molecule has 1 saturated heterocycles. The molecule has 2 aromatic rings. The van der Waals surface area contributed by atoms with E-state index in [9.17, 15) is 18.0 Å². The van der Waals surface area contributed by atoms with Crippen molar-refractivity contribution in [3.8, 4) is 0 Å². The Morgan fingerprint density at radius 2 is 1.86 bits per heavy atom. The number of nitrogens with zero attached hydrogens (tertiary/aromatic N) is 2. The van der Waals surface area contributed by atoms with Crippen LogP contribution < -0.4 is 5.32 Å². The highest BCUT2D eigenvalue weighted by Gasteiger charge is 2.28. The van der Waals surface area contributed by atoms with Crippen LogP contribution in [0.25, 0.3) is 0 Å². The van der Waals surface area contributed by atoms with E-state index in [1.165, 1.54) is 4.90 Å². The van der Waals surface area contributed by atoms with Gasteiger partial charge in [-0.15, -0.1) is 11.8 Å². The fourth-order valence-corrected chi connectivity index (χ4v) is 4.93. The molecule has 0 radical (unpaired) electrons. The van der Waals surface area contributed by atoms with Gasteiger partial charge in [0, 0.05) is 41.7 Å². The first-order valence-corrected chi connectivity index (χ1v) is 12.1. The number of nitrogens with one attached hydrogen (secondary N) is 1. The van der Waals surface area contributed by atoms with E-state index in [2.05, 4.69) is 10.3 Å². The van der Waals surface area contributed by atoms with Gasteiger partial charge in [-0.05, 0) is 42.8 Å². The van der Waals surface area contributed by atoms with E-state index >= 15 is 0 Å². The Bertz CT molecular complexity index is 949. The van der Waals surface area contributed by atoms with Crippen molar-refractivity contribution in [2.45, 2.75) is 23.6 Å². The van der Waals surface area contributed by atoms with Gasteiger partial charge in [0.2, 0.25) is 5.91 Å². The average molecular weight is 434 g/mol. The fourth-order valence-electron chi connectivity index (χ4n) is 2.90. The minimum atomic E-state index is -3.05. The summed E-state index contributed by atoms with van der Waals surface area (Å²) in [7, 11) is -3.05. The molecule has 0 bridgehead atoms. The Morgan fingerprint density at radius 3 is 2.48 bits per heavy atom. The van der Waals surface area contributed by atoms with Gasteiger partial charge in [0.1, 0.15) is 6.04 Å². The normalized spacial score (nSPS) is 16.8. The Kier molecular flexibility index (Phi) is 6.92. The zero-order valence-corrected chi connectivity index (χ0v) is 17.7. The summed E-state index contributed by atoms with van der Waals surface area (Å²) in [6.07, 6.45) is 3.56. The Hall–Kier alpha value is -2.39. The van der Waals surface area contributed by atoms with Crippen LogP contribution in [-0.2, 0) is 20.4 Å². The maximum atomic E-state index is 12.5. The minimum Gasteiger partial charge on any atom is -0.341 e. The number of benzene rings is 1. The molecule has 29 heavy (non-hydrogen) atoms. The lowest BCUT2D eigenvalue weighted by Gasteiger charge is -2.29. The molecule has 2 heterocycles. The maximum absolute atomic E-state index is 12.5. The van der Waals surface area contributed by atoms with Crippen molar-refractivity contribution in [3.63, 3.8) is 0 Å². The summed E-state index contributed by atoms with van der Waals surface area (Å²) in [4.78, 5) is 31.5. The van der Waals surface area contributed by atoms with Gasteiger partial charge >= 0.3 is 0 Å². The third-order valence-corrected chi connectivity index (χ3v) is 7.31. The largest absolute Gasteiger partial charge is 0.341 e. The van der Waals surface area contributed by atoms with Gasteiger partial charge in [0.05, 0.1) is 11.5 Å². The molecule has 9 heteroatoms. The SMILES string of the molecule is CC(NC(=O)c1ccc(SCc2cccnc2)cc1)C(=O)N1CCS(=O)(=O)CC1. The second-order valence-electron chi connectivity index (χ2n) is 6.85. The quantitative estimate of drug-likeness (QED) is 0.697. The van der Waals surface area contributed by atoms with Gasteiger partial charge in [-0.25, -0.2) is 8.42 Å². The maximum Gasteiger partial charge on any atom is 0.251 e. The highest BCUT2D eigenvalue weighted by molar-refractivity contribution is 7.98. The number of thioether (sulfide) groups is 1. The van der Waals surface area contributed by atoms with E-state index in [-0.39, 0.29) is 36.4 Å². The molecule has 1 unspecified atom stereocenters.